The van der Waals surface area contributed by atoms with Crippen molar-refractivity contribution < 1.29 is 17.9 Å². The fraction of sp³-hybridized carbons (Fsp3) is 0.333. The first-order chi connectivity index (χ1) is 12.0. The van der Waals surface area contributed by atoms with E-state index in [2.05, 4.69) is 0 Å². The third-order valence-electron chi connectivity index (χ3n) is 4.21. The Morgan fingerprint density at radius 1 is 1.08 bits per heavy atom. The summed E-state index contributed by atoms with van der Waals surface area (Å²) >= 11 is 6.06. The summed E-state index contributed by atoms with van der Waals surface area (Å²) in [4.78, 5) is 0.181. The van der Waals surface area contributed by atoms with E-state index in [1.54, 1.807) is 6.07 Å². The van der Waals surface area contributed by atoms with Gasteiger partial charge in [0.05, 0.1) is 17.0 Å². The summed E-state index contributed by atoms with van der Waals surface area (Å²) in [5.41, 5.74) is 0. The third-order valence-corrected chi connectivity index (χ3v) is 6.40. The molecule has 7 heteroatoms. The van der Waals surface area contributed by atoms with Crippen molar-refractivity contribution in [2.45, 2.75) is 23.8 Å². The van der Waals surface area contributed by atoms with Crippen molar-refractivity contribution in [2.75, 3.05) is 20.2 Å². The maximum absolute atomic E-state index is 12.8. The lowest BCUT2D eigenvalue weighted by Crippen LogP contribution is -2.41. The van der Waals surface area contributed by atoms with E-state index in [1.165, 1.54) is 23.5 Å². The van der Waals surface area contributed by atoms with Crippen LogP contribution in [0.1, 0.15) is 12.8 Å². The van der Waals surface area contributed by atoms with Gasteiger partial charge >= 0.3 is 0 Å². The van der Waals surface area contributed by atoms with Crippen LogP contribution in [0.4, 0.5) is 0 Å². The minimum Gasteiger partial charge on any atom is -0.495 e. The maximum atomic E-state index is 12.8. The first-order valence-electron chi connectivity index (χ1n) is 8.06. The number of hydrogen-bond donors (Lipinski definition) is 0. The number of para-hydroxylation sites is 1. The largest absolute Gasteiger partial charge is 0.495 e. The lowest BCUT2D eigenvalue weighted by Gasteiger charge is -2.31. The smallest absolute Gasteiger partial charge is 0.243 e. The predicted molar refractivity (Wildman–Crippen MR) is 96.9 cm³/mol. The van der Waals surface area contributed by atoms with Crippen LogP contribution in [0.15, 0.2) is 53.4 Å². The van der Waals surface area contributed by atoms with Gasteiger partial charge in [-0.3, -0.25) is 0 Å². The topological polar surface area (TPSA) is 55.8 Å². The minimum absolute atomic E-state index is 0.0216. The van der Waals surface area contributed by atoms with E-state index in [-0.39, 0.29) is 16.0 Å². The Morgan fingerprint density at radius 2 is 1.76 bits per heavy atom. The van der Waals surface area contributed by atoms with E-state index in [1.807, 2.05) is 30.3 Å². The van der Waals surface area contributed by atoms with Gasteiger partial charge in [-0.15, -0.1) is 0 Å². The standard InChI is InChI=1S/C18H20ClNO4S/c1-23-18-8-7-16(13-17(18)19)25(21,22)20-11-9-15(10-12-20)24-14-5-3-2-4-6-14/h2-8,13,15H,9-12H2,1H3. The van der Waals surface area contributed by atoms with Crippen LogP contribution < -0.4 is 9.47 Å². The summed E-state index contributed by atoms with van der Waals surface area (Å²) in [5.74, 6) is 1.27. The Morgan fingerprint density at radius 3 is 2.36 bits per heavy atom. The Kier molecular flexibility index (Phi) is 5.51. The van der Waals surface area contributed by atoms with Gasteiger partial charge in [0.2, 0.25) is 10.0 Å². The summed E-state index contributed by atoms with van der Waals surface area (Å²) in [6, 6.07) is 14.1. The second-order valence-corrected chi connectivity index (χ2v) is 8.18. The molecule has 0 unspecified atom stereocenters. The summed E-state index contributed by atoms with van der Waals surface area (Å²) in [5, 5.41) is 0.283. The van der Waals surface area contributed by atoms with E-state index in [0.717, 1.165) is 5.75 Å². The Bertz CT molecular complexity index is 818. The number of ether oxygens (including phenoxy) is 2. The van der Waals surface area contributed by atoms with E-state index >= 15 is 0 Å². The van der Waals surface area contributed by atoms with Crippen molar-refractivity contribution in [1.29, 1.82) is 0 Å². The monoisotopic (exact) mass is 381 g/mol. The van der Waals surface area contributed by atoms with Crippen molar-refractivity contribution in [1.82, 2.24) is 4.31 Å². The third kappa shape index (κ3) is 4.08. The van der Waals surface area contributed by atoms with Crippen LogP contribution in [-0.2, 0) is 10.0 Å². The fourth-order valence-corrected chi connectivity index (χ4v) is 4.66. The summed E-state index contributed by atoms with van der Waals surface area (Å²) < 4.78 is 38.0. The van der Waals surface area contributed by atoms with E-state index in [0.29, 0.717) is 31.7 Å². The number of halogens is 1. The average molecular weight is 382 g/mol. The number of rotatable bonds is 5. The molecule has 134 valence electrons. The van der Waals surface area contributed by atoms with Gasteiger partial charge in [-0.25, -0.2) is 8.42 Å². The number of sulfonamides is 1. The van der Waals surface area contributed by atoms with Crippen LogP contribution >= 0.6 is 11.6 Å². The lowest BCUT2D eigenvalue weighted by molar-refractivity contribution is 0.135. The van der Waals surface area contributed by atoms with Gasteiger partial charge in [-0.1, -0.05) is 29.8 Å². The quantitative estimate of drug-likeness (QED) is 0.794. The predicted octanol–water partition coefficient (Wildman–Crippen LogP) is 3.58. The summed E-state index contributed by atoms with van der Waals surface area (Å²) in [6.07, 6.45) is 1.32. The summed E-state index contributed by atoms with van der Waals surface area (Å²) in [6.45, 7) is 0.840. The van der Waals surface area contributed by atoms with Gasteiger partial charge in [-0.05, 0) is 43.2 Å². The SMILES string of the molecule is COc1ccc(S(=O)(=O)N2CCC(Oc3ccccc3)CC2)cc1Cl. The summed E-state index contributed by atoms with van der Waals surface area (Å²) in [7, 11) is -2.08. The molecule has 0 saturated carbocycles. The van der Waals surface area contributed by atoms with Gasteiger partial charge in [-0.2, -0.15) is 4.31 Å². The number of benzene rings is 2. The average Bonchev–Trinajstić information content (AvgIpc) is 2.63. The van der Waals surface area contributed by atoms with E-state index < -0.39 is 10.0 Å². The number of nitrogens with zero attached hydrogens (tertiary/aromatic N) is 1. The molecule has 1 heterocycles. The molecule has 1 saturated heterocycles. The van der Waals surface area contributed by atoms with Crippen molar-refractivity contribution >= 4 is 21.6 Å². The number of piperidine rings is 1. The molecule has 3 rings (SSSR count). The van der Waals surface area contributed by atoms with Gasteiger partial charge in [0.25, 0.3) is 0 Å². The zero-order valence-corrected chi connectivity index (χ0v) is 15.5. The first kappa shape index (κ1) is 18.0. The lowest BCUT2D eigenvalue weighted by atomic mass is 10.1. The molecule has 0 atom stereocenters. The second-order valence-electron chi connectivity index (χ2n) is 5.83. The normalized spacial score (nSPS) is 16.6. The molecule has 0 aliphatic carbocycles. The minimum atomic E-state index is -3.57. The van der Waals surface area contributed by atoms with Crippen LogP contribution in [0.3, 0.4) is 0 Å². The zero-order valence-electron chi connectivity index (χ0n) is 13.9. The van der Waals surface area contributed by atoms with Crippen molar-refractivity contribution in [3.05, 3.63) is 53.6 Å². The molecule has 1 aliphatic heterocycles. The molecule has 1 fully saturated rings. The van der Waals surface area contributed by atoms with Gasteiger partial charge in [0.15, 0.2) is 0 Å². The highest BCUT2D eigenvalue weighted by molar-refractivity contribution is 7.89. The van der Waals surface area contributed by atoms with E-state index in [9.17, 15) is 8.42 Å². The number of hydrogen-bond acceptors (Lipinski definition) is 4. The van der Waals surface area contributed by atoms with Gasteiger partial charge < -0.3 is 9.47 Å². The molecule has 1 aliphatic rings. The number of methoxy groups -OCH3 is 1. The van der Waals surface area contributed by atoms with Crippen LogP contribution in [0.5, 0.6) is 11.5 Å². The van der Waals surface area contributed by atoms with Crippen LogP contribution in [0, 0.1) is 0 Å². The Hall–Kier alpha value is -1.76. The Labute approximate surface area is 153 Å². The molecule has 0 N–H and O–H groups in total. The molecule has 5 nitrogen and oxygen atoms in total. The van der Waals surface area contributed by atoms with Crippen molar-refractivity contribution in [3.8, 4) is 11.5 Å². The molecular formula is C18H20ClNO4S. The molecule has 2 aromatic carbocycles. The van der Waals surface area contributed by atoms with Crippen LogP contribution in [0.25, 0.3) is 0 Å². The Balaban J connectivity index is 1.66. The van der Waals surface area contributed by atoms with Crippen molar-refractivity contribution in [3.63, 3.8) is 0 Å². The molecule has 0 aromatic heterocycles. The fourth-order valence-electron chi connectivity index (χ4n) is 2.84. The highest BCUT2D eigenvalue weighted by atomic mass is 35.5. The van der Waals surface area contributed by atoms with Crippen LogP contribution in [-0.4, -0.2) is 39.0 Å². The van der Waals surface area contributed by atoms with Gasteiger partial charge in [0.1, 0.15) is 17.6 Å². The second kappa shape index (κ2) is 7.64. The van der Waals surface area contributed by atoms with Crippen LogP contribution in [0.2, 0.25) is 5.02 Å². The molecule has 0 bridgehead atoms. The molecular weight excluding hydrogens is 362 g/mol. The molecule has 0 radical (unpaired) electrons. The molecule has 0 amide bonds. The van der Waals surface area contributed by atoms with E-state index in [4.69, 9.17) is 21.1 Å². The van der Waals surface area contributed by atoms with Gasteiger partial charge in [0, 0.05) is 13.1 Å². The van der Waals surface area contributed by atoms with Crippen molar-refractivity contribution in [2.24, 2.45) is 0 Å². The molecule has 2 aromatic rings. The highest BCUT2D eigenvalue weighted by Crippen LogP contribution is 2.29. The first-order valence-corrected chi connectivity index (χ1v) is 9.88. The molecule has 0 spiro atoms. The highest BCUT2D eigenvalue weighted by Gasteiger charge is 2.30. The zero-order chi connectivity index (χ0) is 17.9. The maximum Gasteiger partial charge on any atom is 0.243 e. The molecule has 25 heavy (non-hydrogen) atoms.